The van der Waals surface area contributed by atoms with Crippen LogP contribution in [0.4, 0.5) is 0 Å². The molecule has 0 bridgehead atoms. The maximum Gasteiger partial charge on any atom is 0.270 e. The highest BCUT2D eigenvalue weighted by Crippen LogP contribution is 2.49. The second-order valence-corrected chi connectivity index (χ2v) is 9.06. The first-order valence-corrected chi connectivity index (χ1v) is 11.5. The number of thiazole rings is 2. The number of rotatable bonds is 2. The van der Waals surface area contributed by atoms with Crippen LogP contribution in [-0.2, 0) is 0 Å². The molecule has 4 aromatic rings. The fourth-order valence-corrected chi connectivity index (χ4v) is 5.82. The summed E-state index contributed by atoms with van der Waals surface area (Å²) in [5.41, 5.74) is 3.39. The first-order chi connectivity index (χ1) is 16.7. The predicted molar refractivity (Wildman–Crippen MR) is 132 cm³/mol. The van der Waals surface area contributed by atoms with Gasteiger partial charge in [-0.1, -0.05) is 77.3 Å². The van der Waals surface area contributed by atoms with Crippen LogP contribution in [0, 0.1) is 40.6 Å². The van der Waals surface area contributed by atoms with Gasteiger partial charge in [0.15, 0.2) is 9.66 Å². The summed E-state index contributed by atoms with van der Waals surface area (Å²) in [4.78, 5) is 14.4. The Hall–Kier alpha value is -4.86. The van der Waals surface area contributed by atoms with Gasteiger partial charge < -0.3 is 0 Å². The van der Waals surface area contributed by atoms with Gasteiger partial charge in [0.05, 0.1) is 12.6 Å². The second kappa shape index (κ2) is 8.58. The van der Waals surface area contributed by atoms with Gasteiger partial charge in [0.2, 0.25) is 0 Å². The summed E-state index contributed by atoms with van der Waals surface area (Å²) < 4.78 is 0. The van der Waals surface area contributed by atoms with E-state index >= 15 is 0 Å². The number of benzene rings is 2. The molecule has 2 aromatic heterocycles. The van der Waals surface area contributed by atoms with E-state index in [1.54, 1.807) is 30.3 Å². The molecule has 0 unspecified atom stereocenters. The molecular weight excluding hydrogens is 460 g/mol. The topological polar surface area (TPSA) is 102 Å². The lowest BCUT2D eigenvalue weighted by molar-refractivity contribution is 1.46. The Kier molecular flexibility index (Phi) is 5.30. The van der Waals surface area contributed by atoms with E-state index in [4.69, 9.17) is 16.5 Å². The number of aromatic nitrogens is 2. The van der Waals surface area contributed by atoms with Crippen LogP contribution in [0.25, 0.3) is 42.3 Å². The van der Waals surface area contributed by atoms with Crippen molar-refractivity contribution >= 4 is 49.6 Å². The quantitative estimate of drug-likeness (QED) is 0.247. The molecule has 5 rings (SSSR count). The van der Waals surface area contributed by atoms with E-state index in [1.165, 1.54) is 22.7 Å². The highest BCUT2D eigenvalue weighted by atomic mass is 32.1. The number of hydrogen-bond acceptors (Lipinski definition) is 7. The Bertz CT molecular complexity index is 1600. The molecule has 34 heavy (non-hydrogen) atoms. The molecule has 0 saturated heterocycles. The van der Waals surface area contributed by atoms with Crippen LogP contribution in [-0.4, -0.2) is 9.97 Å². The monoisotopic (exact) mass is 470 g/mol. The Labute approximate surface area is 202 Å². The molecule has 0 atom stereocenters. The second-order valence-electron chi connectivity index (χ2n) is 7.07. The first kappa shape index (κ1) is 21.0. The van der Waals surface area contributed by atoms with Crippen molar-refractivity contribution in [2.75, 3.05) is 0 Å². The Morgan fingerprint density at radius 3 is 2.09 bits per heavy atom. The summed E-state index contributed by atoms with van der Waals surface area (Å²) >= 11 is 2.85. The van der Waals surface area contributed by atoms with Crippen molar-refractivity contribution in [2.45, 2.75) is 0 Å². The molecule has 2 aromatic carbocycles. The molecule has 1 aliphatic rings. The maximum absolute atomic E-state index is 9.64. The van der Waals surface area contributed by atoms with Crippen LogP contribution < -0.4 is 0 Å². The zero-order valence-electron chi connectivity index (χ0n) is 17.3. The van der Waals surface area contributed by atoms with E-state index in [2.05, 4.69) is 4.85 Å². The van der Waals surface area contributed by atoms with Crippen LogP contribution in [0.3, 0.4) is 0 Å². The molecule has 2 heterocycles. The summed E-state index contributed by atoms with van der Waals surface area (Å²) in [6.07, 6.45) is 1.74. The minimum Gasteiger partial charge on any atom is -0.226 e. The minimum absolute atomic E-state index is 0.0844. The number of fused-ring (bicyclic) bond motifs is 2. The van der Waals surface area contributed by atoms with E-state index in [1.807, 2.05) is 48.5 Å². The number of allylic oxidation sites excluding steroid dienone is 5. The van der Waals surface area contributed by atoms with E-state index in [0.717, 1.165) is 20.2 Å². The summed E-state index contributed by atoms with van der Waals surface area (Å²) in [7, 11) is 0. The van der Waals surface area contributed by atoms with Crippen molar-refractivity contribution in [1.29, 1.82) is 15.8 Å². The lowest BCUT2D eigenvalue weighted by Gasteiger charge is -2.04. The molecule has 0 N–H and O–H groups in total. The van der Waals surface area contributed by atoms with Crippen molar-refractivity contribution in [3.8, 4) is 28.8 Å². The third-order valence-electron chi connectivity index (χ3n) is 5.21. The SMILES string of the molecule is [C-]#[N+]/C(C#N)=C1\C(=C/c2nc3sc(-c4ccccc4)nc3s2)C(=C(C#N)C#N)c2ccccc21. The molecule has 0 aliphatic heterocycles. The van der Waals surface area contributed by atoms with Gasteiger partial charge in [-0.15, -0.1) is 0 Å². The summed E-state index contributed by atoms with van der Waals surface area (Å²) in [5, 5.41) is 30.4. The molecule has 8 heteroatoms. The first-order valence-electron chi connectivity index (χ1n) is 9.89. The molecule has 0 spiro atoms. The van der Waals surface area contributed by atoms with E-state index in [0.29, 0.717) is 32.9 Å². The molecule has 0 saturated carbocycles. The Balaban J connectivity index is 1.73. The number of hydrogen-bond donors (Lipinski definition) is 0. The predicted octanol–water partition coefficient (Wildman–Crippen LogP) is 6.47. The van der Waals surface area contributed by atoms with Crippen LogP contribution in [0.5, 0.6) is 0 Å². The van der Waals surface area contributed by atoms with Crippen molar-refractivity contribution in [3.05, 3.63) is 99.0 Å². The molecular formula is C26H10N6S2. The highest BCUT2D eigenvalue weighted by Gasteiger charge is 2.32. The Morgan fingerprint density at radius 1 is 0.824 bits per heavy atom. The summed E-state index contributed by atoms with van der Waals surface area (Å²) in [6.45, 7) is 7.52. The number of nitriles is 3. The van der Waals surface area contributed by atoms with Gasteiger partial charge in [0.25, 0.3) is 5.70 Å². The maximum atomic E-state index is 9.64. The third kappa shape index (κ3) is 3.37. The average molecular weight is 471 g/mol. The minimum atomic E-state index is -0.105. The third-order valence-corrected chi connectivity index (χ3v) is 7.24. The standard InChI is InChI=1S/C26H10N6S2/c1-30-20(14-29)23-18-10-6-5-9-17(18)22(16(12-27)13-28)19(23)11-21-31-25-26(33-21)32-24(34-25)15-7-3-2-4-8-15/h2-11H/b19-11-,23-20-. The molecule has 0 radical (unpaired) electrons. The van der Waals surface area contributed by atoms with Gasteiger partial charge in [-0.25, -0.2) is 20.1 Å². The van der Waals surface area contributed by atoms with Crippen LogP contribution >= 0.6 is 22.7 Å². The van der Waals surface area contributed by atoms with Gasteiger partial charge in [0.1, 0.15) is 27.7 Å². The molecule has 0 amide bonds. The molecule has 0 fully saturated rings. The number of nitrogens with zero attached hydrogens (tertiary/aromatic N) is 6. The van der Waals surface area contributed by atoms with Crippen molar-refractivity contribution in [3.63, 3.8) is 0 Å². The van der Waals surface area contributed by atoms with Crippen molar-refractivity contribution in [1.82, 2.24) is 9.97 Å². The van der Waals surface area contributed by atoms with E-state index in [9.17, 15) is 15.8 Å². The zero-order valence-corrected chi connectivity index (χ0v) is 18.9. The molecule has 1 aliphatic carbocycles. The van der Waals surface area contributed by atoms with Crippen LogP contribution in [0.1, 0.15) is 16.1 Å². The summed E-state index contributed by atoms with van der Waals surface area (Å²) in [6, 6.07) is 22.9. The Morgan fingerprint density at radius 2 is 1.47 bits per heavy atom. The zero-order chi connectivity index (χ0) is 23.7. The van der Waals surface area contributed by atoms with Gasteiger partial charge >= 0.3 is 0 Å². The van der Waals surface area contributed by atoms with Gasteiger partial charge in [0, 0.05) is 16.7 Å². The summed E-state index contributed by atoms with van der Waals surface area (Å²) in [5.74, 6) is 0. The van der Waals surface area contributed by atoms with E-state index < -0.39 is 0 Å². The smallest absolute Gasteiger partial charge is 0.226 e. The lowest BCUT2D eigenvalue weighted by Crippen LogP contribution is -1.89. The fraction of sp³-hybridized carbons (Fsp3) is 0. The average Bonchev–Trinajstić information content (AvgIpc) is 3.53. The van der Waals surface area contributed by atoms with Gasteiger partial charge in [-0.2, -0.15) is 10.5 Å². The molecule has 156 valence electrons. The fourth-order valence-electron chi connectivity index (χ4n) is 3.82. The van der Waals surface area contributed by atoms with Crippen molar-refractivity contribution in [2.24, 2.45) is 0 Å². The van der Waals surface area contributed by atoms with E-state index in [-0.39, 0.29) is 11.3 Å². The van der Waals surface area contributed by atoms with Gasteiger partial charge in [-0.05, 0) is 22.8 Å². The van der Waals surface area contributed by atoms with Crippen LogP contribution in [0.2, 0.25) is 0 Å². The highest BCUT2D eigenvalue weighted by molar-refractivity contribution is 7.28. The lowest BCUT2D eigenvalue weighted by atomic mass is 9.98. The van der Waals surface area contributed by atoms with Crippen molar-refractivity contribution < 1.29 is 0 Å². The normalized spacial score (nSPS) is 14.7. The largest absolute Gasteiger partial charge is 0.270 e. The van der Waals surface area contributed by atoms with Crippen LogP contribution in [0.15, 0.2) is 71.4 Å². The molecule has 6 nitrogen and oxygen atoms in total. The van der Waals surface area contributed by atoms with Gasteiger partial charge in [-0.3, -0.25) is 0 Å².